The molecule has 1 aromatic carbocycles. The van der Waals surface area contributed by atoms with E-state index >= 15 is 0 Å². The SMILES string of the molecule is CN=C(NCC1CCN(Cc2nc(C)c(C)o2)CC1)NCC1COc2ccccc2O1.I. The third-order valence-corrected chi connectivity index (χ3v) is 5.99. The Morgan fingerprint density at radius 3 is 2.53 bits per heavy atom. The van der Waals surface area contributed by atoms with Crippen molar-refractivity contribution in [2.75, 3.05) is 39.8 Å². The maximum atomic E-state index is 6.00. The van der Waals surface area contributed by atoms with E-state index in [2.05, 4.69) is 25.5 Å². The van der Waals surface area contributed by atoms with Gasteiger partial charge in [0.05, 0.1) is 18.8 Å². The Hall–Kier alpha value is -2.01. The number of likely N-dealkylation sites (tertiary alicyclic amines) is 1. The number of nitrogens with zero attached hydrogens (tertiary/aromatic N) is 3. The molecule has 1 atom stereocenters. The number of para-hydroxylation sites is 2. The topological polar surface area (TPSA) is 84.2 Å². The number of oxazole rings is 1. The van der Waals surface area contributed by atoms with E-state index in [4.69, 9.17) is 13.9 Å². The standard InChI is InChI=1S/C23H33N5O3.HI/c1-16-17(2)30-22(27-16)14-28-10-8-18(9-11-28)12-25-23(24-3)26-13-19-15-29-20-6-4-5-7-21(20)31-19;/h4-7,18-19H,8-15H2,1-3H3,(H2,24,25,26);1H. The van der Waals surface area contributed by atoms with Crippen molar-refractivity contribution in [1.82, 2.24) is 20.5 Å². The summed E-state index contributed by atoms with van der Waals surface area (Å²) in [7, 11) is 1.80. The van der Waals surface area contributed by atoms with Gasteiger partial charge in [-0.3, -0.25) is 9.89 Å². The van der Waals surface area contributed by atoms with Gasteiger partial charge < -0.3 is 24.5 Å². The minimum Gasteiger partial charge on any atom is -0.486 e. The van der Waals surface area contributed by atoms with Crippen molar-refractivity contribution in [2.24, 2.45) is 10.9 Å². The predicted octanol–water partition coefficient (Wildman–Crippen LogP) is 3.13. The number of aryl methyl sites for hydroxylation is 2. The van der Waals surface area contributed by atoms with E-state index < -0.39 is 0 Å². The first-order valence-electron chi connectivity index (χ1n) is 11.1. The smallest absolute Gasteiger partial charge is 0.208 e. The van der Waals surface area contributed by atoms with Gasteiger partial charge in [0.25, 0.3) is 0 Å². The number of ether oxygens (including phenoxy) is 2. The number of guanidine groups is 1. The molecule has 8 nitrogen and oxygen atoms in total. The van der Waals surface area contributed by atoms with Gasteiger partial charge in [0, 0.05) is 13.6 Å². The van der Waals surface area contributed by atoms with Crippen molar-refractivity contribution in [3.05, 3.63) is 41.6 Å². The Kier molecular flexibility index (Phi) is 9.03. The molecule has 0 aliphatic carbocycles. The molecule has 0 amide bonds. The predicted molar refractivity (Wildman–Crippen MR) is 135 cm³/mol. The van der Waals surface area contributed by atoms with Crippen LogP contribution < -0.4 is 20.1 Å². The zero-order chi connectivity index (χ0) is 21.6. The number of piperidine rings is 1. The van der Waals surface area contributed by atoms with E-state index in [-0.39, 0.29) is 30.1 Å². The molecule has 3 heterocycles. The minimum absolute atomic E-state index is 0. The average molecular weight is 555 g/mol. The Morgan fingerprint density at radius 1 is 1.12 bits per heavy atom. The van der Waals surface area contributed by atoms with Gasteiger partial charge in [0.15, 0.2) is 17.5 Å². The number of fused-ring (bicyclic) bond motifs is 1. The quantitative estimate of drug-likeness (QED) is 0.322. The summed E-state index contributed by atoms with van der Waals surface area (Å²) in [4.78, 5) is 11.3. The highest BCUT2D eigenvalue weighted by Gasteiger charge is 2.23. The second-order valence-corrected chi connectivity index (χ2v) is 8.30. The number of rotatable bonds is 6. The molecule has 0 spiro atoms. The molecule has 0 radical (unpaired) electrons. The van der Waals surface area contributed by atoms with Crippen LogP contribution >= 0.6 is 24.0 Å². The number of aromatic nitrogens is 1. The molecule has 1 aromatic heterocycles. The molecule has 32 heavy (non-hydrogen) atoms. The lowest BCUT2D eigenvalue weighted by Crippen LogP contribution is -2.47. The van der Waals surface area contributed by atoms with Crippen LogP contribution in [0, 0.1) is 19.8 Å². The third-order valence-electron chi connectivity index (χ3n) is 5.99. The Labute approximate surface area is 207 Å². The largest absolute Gasteiger partial charge is 0.486 e. The van der Waals surface area contributed by atoms with E-state index in [9.17, 15) is 0 Å². The Bertz CT molecular complexity index is 876. The minimum atomic E-state index is -0.0424. The van der Waals surface area contributed by atoms with Crippen LogP contribution in [0.3, 0.4) is 0 Å². The van der Waals surface area contributed by atoms with E-state index in [1.54, 1.807) is 7.05 Å². The first-order valence-corrected chi connectivity index (χ1v) is 11.1. The van der Waals surface area contributed by atoms with Gasteiger partial charge in [-0.25, -0.2) is 4.98 Å². The van der Waals surface area contributed by atoms with Gasteiger partial charge in [0.2, 0.25) is 5.89 Å². The van der Waals surface area contributed by atoms with Gasteiger partial charge in [-0.05, 0) is 57.8 Å². The van der Waals surface area contributed by atoms with Crippen molar-refractivity contribution >= 4 is 29.9 Å². The Morgan fingerprint density at radius 2 is 1.84 bits per heavy atom. The summed E-state index contributed by atoms with van der Waals surface area (Å²) < 4.78 is 17.5. The van der Waals surface area contributed by atoms with Gasteiger partial charge in [0.1, 0.15) is 18.5 Å². The number of aliphatic imine (C=N–C) groups is 1. The summed E-state index contributed by atoms with van der Waals surface area (Å²) in [6.45, 7) is 8.96. The normalized spacial score (nSPS) is 19.3. The first kappa shape index (κ1) is 24.6. The fourth-order valence-electron chi connectivity index (χ4n) is 3.98. The van der Waals surface area contributed by atoms with Crippen LogP contribution in [0.15, 0.2) is 33.7 Å². The summed E-state index contributed by atoms with van der Waals surface area (Å²) in [5, 5.41) is 6.83. The summed E-state index contributed by atoms with van der Waals surface area (Å²) in [5.74, 6) is 4.78. The zero-order valence-electron chi connectivity index (χ0n) is 19.1. The van der Waals surface area contributed by atoms with Crippen molar-refractivity contribution < 1.29 is 13.9 Å². The lowest BCUT2D eigenvalue weighted by molar-refractivity contribution is 0.0935. The van der Waals surface area contributed by atoms with Crippen molar-refractivity contribution in [1.29, 1.82) is 0 Å². The molecule has 2 N–H and O–H groups in total. The van der Waals surface area contributed by atoms with E-state index in [0.717, 1.165) is 73.8 Å². The maximum Gasteiger partial charge on any atom is 0.208 e. The average Bonchev–Trinajstić information content (AvgIpc) is 3.11. The number of hydrogen-bond acceptors (Lipinski definition) is 6. The van der Waals surface area contributed by atoms with Crippen LogP contribution in [0.5, 0.6) is 11.5 Å². The number of benzene rings is 1. The molecule has 4 rings (SSSR count). The van der Waals surface area contributed by atoms with Gasteiger partial charge in [-0.15, -0.1) is 24.0 Å². The first-order chi connectivity index (χ1) is 15.1. The molecule has 0 saturated carbocycles. The summed E-state index contributed by atoms with van der Waals surface area (Å²) in [6.07, 6.45) is 2.26. The van der Waals surface area contributed by atoms with Crippen LogP contribution in [0.2, 0.25) is 0 Å². The Balaban J connectivity index is 0.00000289. The summed E-state index contributed by atoms with van der Waals surface area (Å²) in [6, 6.07) is 7.77. The molecular formula is C23H34IN5O3. The van der Waals surface area contributed by atoms with Crippen LogP contribution in [-0.4, -0.2) is 61.8 Å². The van der Waals surface area contributed by atoms with Crippen molar-refractivity contribution in [2.45, 2.75) is 39.3 Å². The molecular weight excluding hydrogens is 521 g/mol. The van der Waals surface area contributed by atoms with E-state index in [1.165, 1.54) is 0 Å². The monoisotopic (exact) mass is 555 g/mol. The van der Waals surface area contributed by atoms with Crippen LogP contribution in [0.1, 0.15) is 30.2 Å². The molecule has 1 fully saturated rings. The fourth-order valence-corrected chi connectivity index (χ4v) is 3.98. The van der Waals surface area contributed by atoms with E-state index in [0.29, 0.717) is 19.1 Å². The highest BCUT2D eigenvalue weighted by atomic mass is 127. The van der Waals surface area contributed by atoms with Gasteiger partial charge in [-0.2, -0.15) is 0 Å². The maximum absolute atomic E-state index is 6.00. The summed E-state index contributed by atoms with van der Waals surface area (Å²) in [5.41, 5.74) is 0.988. The highest BCUT2D eigenvalue weighted by molar-refractivity contribution is 14.0. The van der Waals surface area contributed by atoms with Gasteiger partial charge in [-0.1, -0.05) is 12.1 Å². The lowest BCUT2D eigenvalue weighted by atomic mass is 9.97. The van der Waals surface area contributed by atoms with Crippen LogP contribution in [0.4, 0.5) is 0 Å². The van der Waals surface area contributed by atoms with E-state index in [1.807, 2.05) is 38.1 Å². The van der Waals surface area contributed by atoms with Crippen molar-refractivity contribution in [3.63, 3.8) is 0 Å². The second kappa shape index (κ2) is 11.7. The molecule has 176 valence electrons. The zero-order valence-corrected chi connectivity index (χ0v) is 21.4. The van der Waals surface area contributed by atoms with Gasteiger partial charge >= 0.3 is 0 Å². The third kappa shape index (κ3) is 6.50. The highest BCUT2D eigenvalue weighted by Crippen LogP contribution is 2.30. The molecule has 1 saturated heterocycles. The summed E-state index contributed by atoms with van der Waals surface area (Å²) >= 11 is 0. The molecule has 9 heteroatoms. The van der Waals surface area contributed by atoms with Crippen LogP contribution in [-0.2, 0) is 6.54 Å². The fraction of sp³-hybridized carbons (Fsp3) is 0.565. The molecule has 2 aromatic rings. The molecule has 1 unspecified atom stereocenters. The molecule has 2 aliphatic rings. The molecule has 2 aliphatic heterocycles. The number of hydrogen-bond donors (Lipinski definition) is 2. The number of halogens is 1. The lowest BCUT2D eigenvalue weighted by Gasteiger charge is -2.31. The number of nitrogens with one attached hydrogen (secondary N) is 2. The second-order valence-electron chi connectivity index (χ2n) is 8.30. The van der Waals surface area contributed by atoms with Crippen LogP contribution in [0.25, 0.3) is 0 Å². The molecule has 0 bridgehead atoms. The van der Waals surface area contributed by atoms with Crippen molar-refractivity contribution in [3.8, 4) is 11.5 Å².